The van der Waals surface area contributed by atoms with Gasteiger partial charge in [0.15, 0.2) is 0 Å². The second-order valence-electron chi connectivity index (χ2n) is 4.86. The van der Waals surface area contributed by atoms with E-state index in [1.165, 1.54) is 36.8 Å². The van der Waals surface area contributed by atoms with Crippen LogP contribution in [-0.2, 0) is 7.05 Å². The molecule has 1 nitrogen and oxygen atoms in total. The van der Waals surface area contributed by atoms with E-state index in [1.54, 1.807) is 0 Å². The zero-order valence-electron chi connectivity index (χ0n) is 10.4. The van der Waals surface area contributed by atoms with Crippen molar-refractivity contribution < 1.29 is 0 Å². The van der Waals surface area contributed by atoms with Crippen LogP contribution in [0.3, 0.4) is 0 Å². The smallest absolute Gasteiger partial charge is 0.0678 e. The number of rotatable bonds is 0. The Morgan fingerprint density at radius 3 is 2.72 bits per heavy atom. The number of aromatic nitrogens is 1. The molecule has 0 aliphatic carbocycles. The van der Waals surface area contributed by atoms with Crippen LogP contribution in [0.25, 0.3) is 31.2 Å². The molecule has 18 heavy (non-hydrogen) atoms. The largest absolute Gasteiger partial charge is 0.342 e. The molecule has 2 aromatic carbocycles. The highest BCUT2D eigenvalue weighted by molar-refractivity contribution is 7.26. The second-order valence-corrected chi connectivity index (χ2v) is 5.91. The first-order chi connectivity index (χ1) is 8.75. The molecule has 0 N–H and O–H groups in total. The van der Waals surface area contributed by atoms with Gasteiger partial charge in [0, 0.05) is 28.0 Å². The maximum absolute atomic E-state index is 2.33. The van der Waals surface area contributed by atoms with Gasteiger partial charge in [0.2, 0.25) is 0 Å². The first kappa shape index (κ1) is 10.2. The molecular formula is C16H13NS. The fraction of sp³-hybridized carbons (Fsp3) is 0.125. The Balaban J connectivity index is 2.34. The van der Waals surface area contributed by atoms with E-state index in [0.29, 0.717) is 0 Å². The molecule has 0 unspecified atom stereocenters. The summed E-state index contributed by atoms with van der Waals surface area (Å²) in [6.45, 7) is 2.15. The molecule has 0 saturated carbocycles. The van der Waals surface area contributed by atoms with E-state index in [-0.39, 0.29) is 0 Å². The number of fused-ring (bicyclic) bond motifs is 5. The number of hydrogen-bond donors (Lipinski definition) is 0. The summed E-state index contributed by atoms with van der Waals surface area (Å²) in [5, 5.41) is 2.74. The minimum atomic E-state index is 1.32. The number of benzene rings is 2. The van der Waals surface area contributed by atoms with Crippen molar-refractivity contribution in [1.29, 1.82) is 0 Å². The third-order valence-electron chi connectivity index (χ3n) is 3.66. The number of hydrogen-bond acceptors (Lipinski definition) is 1. The lowest BCUT2D eigenvalue weighted by atomic mass is 10.2. The van der Waals surface area contributed by atoms with Gasteiger partial charge in [-0.1, -0.05) is 30.3 Å². The number of aryl methyl sites for hydroxylation is 2. The first-order valence-corrected chi connectivity index (χ1v) is 6.93. The lowest BCUT2D eigenvalue weighted by Crippen LogP contribution is -1.86. The fourth-order valence-electron chi connectivity index (χ4n) is 2.78. The Hall–Kier alpha value is -1.80. The molecule has 2 heterocycles. The summed E-state index contributed by atoms with van der Waals surface area (Å²) in [5.41, 5.74) is 4.03. The SMILES string of the molecule is Cc1ccc2c3sc4ccccc4c3n(C)c2c1. The van der Waals surface area contributed by atoms with Crippen LogP contribution in [0, 0.1) is 6.92 Å². The highest BCUT2D eigenvalue weighted by Gasteiger charge is 2.13. The van der Waals surface area contributed by atoms with Crippen LogP contribution in [0.1, 0.15) is 5.56 Å². The van der Waals surface area contributed by atoms with Crippen molar-refractivity contribution in [2.45, 2.75) is 6.92 Å². The molecule has 4 aromatic rings. The molecule has 0 aliphatic rings. The maximum Gasteiger partial charge on any atom is 0.0678 e. The van der Waals surface area contributed by atoms with E-state index in [0.717, 1.165) is 0 Å². The molecule has 0 bridgehead atoms. The number of nitrogens with zero attached hydrogens (tertiary/aromatic N) is 1. The Labute approximate surface area is 109 Å². The van der Waals surface area contributed by atoms with Crippen molar-refractivity contribution in [3.05, 3.63) is 48.0 Å². The Kier molecular flexibility index (Phi) is 1.90. The van der Waals surface area contributed by atoms with Crippen LogP contribution < -0.4 is 0 Å². The molecule has 2 aromatic heterocycles. The zero-order valence-corrected chi connectivity index (χ0v) is 11.2. The van der Waals surface area contributed by atoms with Crippen LogP contribution in [0.5, 0.6) is 0 Å². The third-order valence-corrected chi connectivity index (χ3v) is 4.86. The highest BCUT2D eigenvalue weighted by atomic mass is 32.1. The van der Waals surface area contributed by atoms with E-state index < -0.39 is 0 Å². The molecule has 88 valence electrons. The molecule has 0 spiro atoms. The van der Waals surface area contributed by atoms with Gasteiger partial charge in [-0.2, -0.15) is 0 Å². The van der Waals surface area contributed by atoms with Crippen molar-refractivity contribution in [3.8, 4) is 0 Å². The van der Waals surface area contributed by atoms with Gasteiger partial charge in [-0.05, 0) is 24.6 Å². The zero-order chi connectivity index (χ0) is 12.3. The van der Waals surface area contributed by atoms with Gasteiger partial charge in [0.1, 0.15) is 0 Å². The van der Waals surface area contributed by atoms with Gasteiger partial charge in [-0.3, -0.25) is 0 Å². The van der Waals surface area contributed by atoms with Gasteiger partial charge < -0.3 is 4.57 Å². The van der Waals surface area contributed by atoms with Crippen molar-refractivity contribution >= 4 is 42.5 Å². The van der Waals surface area contributed by atoms with Crippen molar-refractivity contribution in [3.63, 3.8) is 0 Å². The molecular weight excluding hydrogens is 238 g/mol. The van der Waals surface area contributed by atoms with Crippen molar-refractivity contribution in [2.75, 3.05) is 0 Å². The highest BCUT2D eigenvalue weighted by Crippen LogP contribution is 2.40. The van der Waals surface area contributed by atoms with Gasteiger partial charge in [-0.15, -0.1) is 11.3 Å². The standard InChI is InChI=1S/C16H13NS/c1-10-7-8-11-13(9-10)17(2)15-12-5-3-4-6-14(12)18-16(11)15/h3-9H,1-2H3. The normalized spacial score (nSPS) is 11.9. The molecule has 0 fully saturated rings. The van der Waals surface area contributed by atoms with Gasteiger partial charge in [-0.25, -0.2) is 0 Å². The fourth-order valence-corrected chi connectivity index (χ4v) is 4.05. The summed E-state index contributed by atoms with van der Waals surface area (Å²) < 4.78 is 5.12. The molecule has 0 saturated heterocycles. The second kappa shape index (κ2) is 3.36. The predicted molar refractivity (Wildman–Crippen MR) is 80.5 cm³/mol. The average molecular weight is 251 g/mol. The van der Waals surface area contributed by atoms with Gasteiger partial charge in [0.25, 0.3) is 0 Å². The van der Waals surface area contributed by atoms with Gasteiger partial charge >= 0.3 is 0 Å². The molecule has 2 heteroatoms. The molecule has 4 rings (SSSR count). The summed E-state index contributed by atoms with van der Waals surface area (Å²) in [6.07, 6.45) is 0. The topological polar surface area (TPSA) is 4.93 Å². The lowest BCUT2D eigenvalue weighted by Gasteiger charge is -1.99. The Morgan fingerprint density at radius 1 is 1.00 bits per heavy atom. The van der Waals surface area contributed by atoms with E-state index in [9.17, 15) is 0 Å². The molecule has 0 amide bonds. The summed E-state index contributed by atoms with van der Waals surface area (Å²) in [5.74, 6) is 0. The summed E-state index contributed by atoms with van der Waals surface area (Å²) in [6, 6.07) is 15.4. The van der Waals surface area contributed by atoms with Crippen molar-refractivity contribution in [1.82, 2.24) is 4.57 Å². The number of thiophene rings is 1. The lowest BCUT2D eigenvalue weighted by molar-refractivity contribution is 1.02. The molecule has 0 atom stereocenters. The molecule has 0 radical (unpaired) electrons. The first-order valence-electron chi connectivity index (χ1n) is 6.12. The monoisotopic (exact) mass is 251 g/mol. The van der Waals surface area contributed by atoms with E-state index in [4.69, 9.17) is 0 Å². The third kappa shape index (κ3) is 1.16. The Morgan fingerprint density at radius 2 is 1.83 bits per heavy atom. The van der Waals surface area contributed by atoms with E-state index >= 15 is 0 Å². The molecule has 0 aliphatic heterocycles. The average Bonchev–Trinajstić information content (AvgIpc) is 2.87. The van der Waals surface area contributed by atoms with Gasteiger partial charge in [0.05, 0.1) is 10.2 Å². The van der Waals surface area contributed by atoms with Crippen LogP contribution >= 0.6 is 11.3 Å². The quantitative estimate of drug-likeness (QED) is 0.421. The minimum absolute atomic E-state index is 1.32. The van der Waals surface area contributed by atoms with E-state index in [2.05, 4.69) is 61.0 Å². The summed E-state index contributed by atoms with van der Waals surface area (Å²) in [7, 11) is 2.17. The van der Waals surface area contributed by atoms with Crippen LogP contribution in [0.15, 0.2) is 42.5 Å². The predicted octanol–water partition coefficient (Wildman–Crippen LogP) is 4.85. The summed E-state index contributed by atoms with van der Waals surface area (Å²) >= 11 is 1.90. The van der Waals surface area contributed by atoms with Crippen molar-refractivity contribution in [2.24, 2.45) is 7.05 Å². The maximum atomic E-state index is 2.33. The minimum Gasteiger partial charge on any atom is -0.342 e. The van der Waals surface area contributed by atoms with Crippen LogP contribution in [-0.4, -0.2) is 4.57 Å². The van der Waals surface area contributed by atoms with Crippen LogP contribution in [0.2, 0.25) is 0 Å². The van der Waals surface area contributed by atoms with E-state index in [1.807, 2.05) is 11.3 Å². The summed E-state index contributed by atoms with van der Waals surface area (Å²) in [4.78, 5) is 0. The van der Waals surface area contributed by atoms with Crippen LogP contribution in [0.4, 0.5) is 0 Å². The Bertz CT molecular complexity index is 896.